The summed E-state index contributed by atoms with van der Waals surface area (Å²) in [6, 6.07) is -0.150. The van der Waals surface area contributed by atoms with Crippen molar-refractivity contribution in [1.29, 1.82) is 0 Å². The third kappa shape index (κ3) is 2.73. The minimum Gasteiger partial charge on any atom is -0.381 e. The van der Waals surface area contributed by atoms with Crippen LogP contribution in [0.5, 0.6) is 0 Å². The van der Waals surface area contributed by atoms with E-state index < -0.39 is 10.0 Å². The van der Waals surface area contributed by atoms with Gasteiger partial charge in [0.15, 0.2) is 0 Å². The van der Waals surface area contributed by atoms with Gasteiger partial charge < -0.3 is 9.47 Å². The summed E-state index contributed by atoms with van der Waals surface area (Å²) in [5.74, 6) is 0. The van der Waals surface area contributed by atoms with E-state index >= 15 is 0 Å². The van der Waals surface area contributed by atoms with Crippen molar-refractivity contribution in [3.63, 3.8) is 0 Å². The molecule has 1 aromatic rings. The van der Waals surface area contributed by atoms with Crippen LogP contribution >= 0.6 is 0 Å². The van der Waals surface area contributed by atoms with Gasteiger partial charge >= 0.3 is 0 Å². The smallest absolute Gasteiger partial charge is 0.246 e. The van der Waals surface area contributed by atoms with Gasteiger partial charge in [0, 0.05) is 26.9 Å². The third-order valence-electron chi connectivity index (χ3n) is 4.34. The second-order valence-electron chi connectivity index (χ2n) is 5.61. The summed E-state index contributed by atoms with van der Waals surface area (Å²) in [6.07, 6.45) is 5.44. The van der Waals surface area contributed by atoms with Crippen LogP contribution in [0.2, 0.25) is 0 Å². The van der Waals surface area contributed by atoms with Crippen LogP contribution in [-0.4, -0.2) is 61.0 Å². The van der Waals surface area contributed by atoms with Gasteiger partial charge in [-0.3, -0.25) is 4.68 Å². The van der Waals surface area contributed by atoms with E-state index in [1.165, 1.54) is 17.1 Å². The fourth-order valence-electron chi connectivity index (χ4n) is 3.22. The molecule has 0 N–H and O–H groups in total. The van der Waals surface area contributed by atoms with Gasteiger partial charge in [0.2, 0.25) is 10.0 Å². The number of aromatic nitrogens is 2. The van der Waals surface area contributed by atoms with E-state index in [4.69, 9.17) is 9.47 Å². The maximum Gasteiger partial charge on any atom is 0.246 e. The molecule has 1 saturated heterocycles. The predicted molar refractivity (Wildman–Crippen MR) is 75.3 cm³/mol. The molecule has 1 aliphatic carbocycles. The molecule has 1 saturated carbocycles. The van der Waals surface area contributed by atoms with E-state index in [1.54, 1.807) is 18.5 Å². The average molecular weight is 315 g/mol. The molecular weight excluding hydrogens is 294 g/mol. The molecule has 0 aromatic carbocycles. The monoisotopic (exact) mass is 315 g/mol. The molecule has 3 atom stereocenters. The Hall–Kier alpha value is -0.960. The van der Waals surface area contributed by atoms with Crippen LogP contribution < -0.4 is 0 Å². The van der Waals surface area contributed by atoms with Crippen molar-refractivity contribution >= 4 is 10.0 Å². The lowest BCUT2D eigenvalue weighted by atomic mass is 9.89. The van der Waals surface area contributed by atoms with Crippen molar-refractivity contribution in [2.45, 2.75) is 42.4 Å². The van der Waals surface area contributed by atoms with Crippen molar-refractivity contribution in [2.75, 3.05) is 20.3 Å². The number of hydrogen-bond acceptors (Lipinski definition) is 5. The van der Waals surface area contributed by atoms with E-state index in [1.807, 2.05) is 0 Å². The summed E-state index contributed by atoms with van der Waals surface area (Å²) < 4.78 is 39.9. The molecule has 118 valence electrons. The third-order valence-corrected chi connectivity index (χ3v) is 6.22. The average Bonchev–Trinajstić information content (AvgIpc) is 2.93. The van der Waals surface area contributed by atoms with Crippen molar-refractivity contribution in [2.24, 2.45) is 7.05 Å². The number of ether oxygens (including phenoxy) is 2. The van der Waals surface area contributed by atoms with Gasteiger partial charge in [-0.15, -0.1) is 0 Å². The van der Waals surface area contributed by atoms with Crippen molar-refractivity contribution in [1.82, 2.24) is 14.1 Å². The molecular formula is C13H21N3O4S. The second-order valence-corrected chi connectivity index (χ2v) is 7.50. The molecule has 1 aliphatic heterocycles. The molecule has 8 heteroatoms. The molecule has 0 spiro atoms. The number of methoxy groups -OCH3 is 1. The normalized spacial score (nSPS) is 31.0. The van der Waals surface area contributed by atoms with Crippen molar-refractivity contribution in [3.8, 4) is 0 Å². The zero-order valence-corrected chi connectivity index (χ0v) is 13.1. The van der Waals surface area contributed by atoms with Gasteiger partial charge in [-0.2, -0.15) is 9.40 Å². The highest BCUT2D eigenvalue weighted by molar-refractivity contribution is 7.89. The highest BCUT2D eigenvalue weighted by Crippen LogP contribution is 2.33. The lowest BCUT2D eigenvalue weighted by molar-refractivity contribution is -0.0883. The Labute approximate surface area is 124 Å². The minimum atomic E-state index is -3.53. The number of rotatable bonds is 3. The summed E-state index contributed by atoms with van der Waals surface area (Å²) in [4.78, 5) is 0.241. The molecule has 0 unspecified atom stereocenters. The minimum absolute atomic E-state index is 0.0309. The highest BCUT2D eigenvalue weighted by Gasteiger charge is 2.43. The van der Waals surface area contributed by atoms with Gasteiger partial charge in [-0.25, -0.2) is 8.42 Å². The fraction of sp³-hybridized carbons (Fsp3) is 0.769. The quantitative estimate of drug-likeness (QED) is 0.806. The summed E-state index contributed by atoms with van der Waals surface area (Å²) in [5, 5.41) is 3.97. The summed E-state index contributed by atoms with van der Waals surface area (Å²) >= 11 is 0. The molecule has 21 heavy (non-hydrogen) atoms. The van der Waals surface area contributed by atoms with Gasteiger partial charge in [-0.1, -0.05) is 0 Å². The number of morpholine rings is 1. The molecule has 7 nitrogen and oxygen atoms in total. The number of hydrogen-bond donors (Lipinski definition) is 0. The van der Waals surface area contributed by atoms with Crippen LogP contribution in [0.1, 0.15) is 19.3 Å². The summed E-state index contributed by atoms with van der Waals surface area (Å²) in [5.41, 5.74) is 0. The Morgan fingerprint density at radius 2 is 2.24 bits per heavy atom. The first-order valence-electron chi connectivity index (χ1n) is 7.17. The lowest BCUT2D eigenvalue weighted by Crippen LogP contribution is -2.56. The van der Waals surface area contributed by atoms with Gasteiger partial charge in [-0.05, 0) is 19.3 Å². The molecule has 2 aliphatic rings. The van der Waals surface area contributed by atoms with E-state index in [9.17, 15) is 8.42 Å². The standard InChI is InChI=1S/C13H21N3O4S/c1-15-9-11(8-14-15)21(17,18)16-5-6-20-13-4-3-10(19-2)7-12(13)16/h8-10,12-13H,3-7H2,1-2H3/t10-,12-,13+/m1/s1. The van der Waals surface area contributed by atoms with Crippen LogP contribution in [0.15, 0.2) is 17.3 Å². The zero-order chi connectivity index (χ0) is 15.0. The first-order valence-corrected chi connectivity index (χ1v) is 8.61. The van der Waals surface area contributed by atoms with Gasteiger partial charge in [0.25, 0.3) is 0 Å². The SMILES string of the molecule is CO[C@@H]1CC[C@@H]2OCCN(S(=O)(=O)c3cnn(C)c3)[C@@H]2C1. The maximum absolute atomic E-state index is 12.8. The fourth-order valence-corrected chi connectivity index (χ4v) is 4.85. The Morgan fingerprint density at radius 1 is 1.43 bits per heavy atom. The lowest BCUT2D eigenvalue weighted by Gasteiger charge is -2.44. The largest absolute Gasteiger partial charge is 0.381 e. The van der Waals surface area contributed by atoms with Crippen LogP contribution in [0.3, 0.4) is 0 Å². The van der Waals surface area contributed by atoms with Crippen LogP contribution in [0.4, 0.5) is 0 Å². The first kappa shape index (κ1) is 15.0. The van der Waals surface area contributed by atoms with E-state index in [0.717, 1.165) is 12.8 Å². The highest BCUT2D eigenvalue weighted by atomic mass is 32.2. The van der Waals surface area contributed by atoms with Crippen molar-refractivity contribution in [3.05, 3.63) is 12.4 Å². The topological polar surface area (TPSA) is 73.7 Å². The summed E-state index contributed by atoms with van der Waals surface area (Å²) in [7, 11) is -0.143. The predicted octanol–water partition coefficient (Wildman–Crippen LogP) is 0.377. The molecule has 1 aromatic heterocycles. The molecule has 2 heterocycles. The first-order chi connectivity index (χ1) is 10.0. The second kappa shape index (κ2) is 5.68. The Kier molecular flexibility index (Phi) is 4.04. The Morgan fingerprint density at radius 3 is 2.90 bits per heavy atom. The number of sulfonamides is 1. The molecule has 2 fully saturated rings. The van der Waals surface area contributed by atoms with Gasteiger partial charge in [0.05, 0.1) is 31.1 Å². The van der Waals surface area contributed by atoms with Gasteiger partial charge in [0.1, 0.15) is 4.90 Å². The van der Waals surface area contributed by atoms with Crippen LogP contribution in [0, 0.1) is 0 Å². The molecule has 0 bridgehead atoms. The molecule has 0 radical (unpaired) electrons. The van der Waals surface area contributed by atoms with Crippen molar-refractivity contribution < 1.29 is 17.9 Å². The summed E-state index contributed by atoms with van der Waals surface area (Å²) in [6.45, 7) is 0.827. The molecule has 0 amide bonds. The van der Waals surface area contributed by atoms with E-state index in [0.29, 0.717) is 19.6 Å². The number of fused-ring (bicyclic) bond motifs is 1. The molecule has 3 rings (SSSR count). The van der Waals surface area contributed by atoms with Crippen LogP contribution in [0.25, 0.3) is 0 Å². The van der Waals surface area contributed by atoms with E-state index in [-0.39, 0.29) is 23.1 Å². The van der Waals surface area contributed by atoms with Crippen LogP contribution in [-0.2, 0) is 26.5 Å². The number of nitrogens with zero attached hydrogens (tertiary/aromatic N) is 3. The maximum atomic E-state index is 12.8. The zero-order valence-electron chi connectivity index (χ0n) is 12.3. The number of aryl methyl sites for hydroxylation is 1. The van der Waals surface area contributed by atoms with E-state index in [2.05, 4.69) is 5.10 Å². The Balaban J connectivity index is 1.89. The Bertz CT molecular complexity index is 600.